The third-order valence-corrected chi connectivity index (χ3v) is 4.26. The Bertz CT molecular complexity index is 1150. The van der Waals surface area contributed by atoms with E-state index in [1.165, 1.54) is 34.9 Å². The second-order valence-electron chi connectivity index (χ2n) is 6.17. The van der Waals surface area contributed by atoms with E-state index in [0.29, 0.717) is 18.4 Å². The van der Waals surface area contributed by atoms with Crippen LogP contribution < -0.4 is 0 Å². The van der Waals surface area contributed by atoms with Gasteiger partial charge < -0.3 is 10.2 Å². The van der Waals surface area contributed by atoms with Gasteiger partial charge in [-0.2, -0.15) is 0 Å². The van der Waals surface area contributed by atoms with Crippen molar-refractivity contribution in [3.8, 4) is 11.8 Å². The lowest BCUT2D eigenvalue weighted by atomic mass is 10.1. The van der Waals surface area contributed by atoms with Crippen LogP contribution in [0, 0.1) is 10.1 Å². The smallest absolute Gasteiger partial charge is 0.295 e. The fourth-order valence-corrected chi connectivity index (χ4v) is 2.82. The molecular weight excluding hydrogens is 380 g/mol. The molecule has 0 fully saturated rings. The van der Waals surface area contributed by atoms with Crippen molar-refractivity contribution >= 4 is 28.3 Å². The van der Waals surface area contributed by atoms with Crippen molar-refractivity contribution in [1.82, 2.24) is 4.57 Å². The highest BCUT2D eigenvalue weighted by Crippen LogP contribution is 2.36. The molecule has 29 heavy (non-hydrogen) atoms. The predicted molar refractivity (Wildman–Crippen MR) is 102 cm³/mol. The zero-order valence-electron chi connectivity index (χ0n) is 15.3. The zero-order chi connectivity index (χ0) is 21.1. The zero-order valence-corrected chi connectivity index (χ0v) is 15.3. The Balaban J connectivity index is 1.82. The number of fused-ring (bicyclic) bond motifs is 1. The number of nitrogens with zero attached hydrogens (tertiary/aromatic N) is 4. The van der Waals surface area contributed by atoms with Crippen LogP contribution in [-0.4, -0.2) is 31.5 Å². The van der Waals surface area contributed by atoms with Crippen LogP contribution in [-0.2, 0) is 6.54 Å². The topological polar surface area (TPSA) is 147 Å². The number of nitro groups is 1. The van der Waals surface area contributed by atoms with Crippen molar-refractivity contribution in [2.75, 3.05) is 0 Å². The number of hydrogen-bond acceptors (Lipinski definition) is 6. The number of hydrogen-bond donors (Lipinski definition) is 2. The first-order chi connectivity index (χ1) is 13.8. The number of aromatic hydroxyl groups is 2. The molecule has 0 radical (unpaired) electrons. The van der Waals surface area contributed by atoms with Crippen LogP contribution in [0.4, 0.5) is 5.69 Å². The maximum atomic E-state index is 12.2. The van der Waals surface area contributed by atoms with E-state index < -0.39 is 16.7 Å². The molecule has 2 amide bonds. The number of non-ortho nitro benzene ring substituents is 1. The molecule has 3 rings (SSSR count). The van der Waals surface area contributed by atoms with E-state index in [1.54, 1.807) is 0 Å². The molecule has 2 N–H and O–H groups in total. The van der Waals surface area contributed by atoms with Gasteiger partial charge in [0.1, 0.15) is 0 Å². The summed E-state index contributed by atoms with van der Waals surface area (Å²) in [5.74, 6) is -1.92. The summed E-state index contributed by atoms with van der Waals surface area (Å²) in [7, 11) is 0. The van der Waals surface area contributed by atoms with E-state index in [-0.39, 0.29) is 34.0 Å². The number of rotatable bonds is 5. The van der Waals surface area contributed by atoms with Crippen LogP contribution in [0.1, 0.15) is 34.1 Å². The lowest BCUT2D eigenvalue weighted by Gasteiger charge is -2.03. The highest BCUT2D eigenvalue weighted by atomic mass is 16.6. The van der Waals surface area contributed by atoms with Crippen molar-refractivity contribution in [3.63, 3.8) is 0 Å². The van der Waals surface area contributed by atoms with E-state index in [9.17, 15) is 29.9 Å². The standard InChI is InChI=1S/C19H16N4O6/c1-2-9-22-18(26)14-8-5-12(10-15(14)19(22)27)17(25)21-20-16(24)11-3-6-13(7-4-11)23(28)29/h3-8,10,26-27H,2,9H2,1H3. The van der Waals surface area contributed by atoms with Crippen LogP contribution >= 0.6 is 0 Å². The van der Waals surface area contributed by atoms with Gasteiger partial charge in [0.2, 0.25) is 11.8 Å². The maximum absolute atomic E-state index is 12.2. The SMILES string of the molecule is CCCn1c(O)c2ccc(C(=O)N=NC(=O)c3ccc([N+](=O)[O-])cc3)cc2c1O. The minimum atomic E-state index is -0.830. The molecule has 0 spiro atoms. The molecule has 0 aliphatic carbocycles. The fraction of sp³-hybridized carbons (Fsp3) is 0.158. The molecule has 1 aromatic heterocycles. The molecule has 0 aliphatic heterocycles. The molecule has 0 unspecified atom stereocenters. The van der Waals surface area contributed by atoms with Crippen LogP contribution in [0.2, 0.25) is 0 Å². The number of benzene rings is 2. The molecule has 0 saturated heterocycles. The van der Waals surface area contributed by atoms with Crippen LogP contribution in [0.25, 0.3) is 10.8 Å². The molecule has 148 valence electrons. The first-order valence-corrected chi connectivity index (χ1v) is 8.62. The summed E-state index contributed by atoms with van der Waals surface area (Å²) >= 11 is 0. The summed E-state index contributed by atoms with van der Waals surface area (Å²) in [6.07, 6.45) is 0.687. The van der Waals surface area contributed by atoms with Gasteiger partial charge in [0.25, 0.3) is 17.5 Å². The van der Waals surface area contributed by atoms with Gasteiger partial charge in [-0.05, 0) is 36.8 Å². The van der Waals surface area contributed by atoms with Gasteiger partial charge in [0, 0.05) is 40.6 Å². The fourth-order valence-electron chi connectivity index (χ4n) is 2.82. The van der Waals surface area contributed by atoms with E-state index >= 15 is 0 Å². The van der Waals surface area contributed by atoms with Crippen molar-refractivity contribution in [1.29, 1.82) is 0 Å². The van der Waals surface area contributed by atoms with Gasteiger partial charge in [0.05, 0.1) is 4.92 Å². The third-order valence-electron chi connectivity index (χ3n) is 4.26. The molecule has 1 heterocycles. The second kappa shape index (κ2) is 7.89. The number of carbonyl (C=O) groups excluding carboxylic acids is 2. The summed E-state index contributed by atoms with van der Waals surface area (Å²) in [6, 6.07) is 8.95. The monoisotopic (exact) mass is 396 g/mol. The summed E-state index contributed by atoms with van der Waals surface area (Å²) in [5, 5.41) is 38.5. The highest BCUT2D eigenvalue weighted by Gasteiger charge is 2.17. The van der Waals surface area contributed by atoms with Crippen LogP contribution in [0.15, 0.2) is 52.7 Å². The number of nitro benzene ring substituents is 1. The molecule has 0 saturated carbocycles. The van der Waals surface area contributed by atoms with Gasteiger partial charge in [-0.1, -0.05) is 6.92 Å². The highest BCUT2D eigenvalue weighted by molar-refractivity contribution is 6.03. The molecule has 2 aromatic carbocycles. The average molecular weight is 396 g/mol. The van der Waals surface area contributed by atoms with E-state index in [0.717, 1.165) is 12.1 Å². The Labute approximate surface area is 163 Å². The molecule has 0 aliphatic rings. The second-order valence-corrected chi connectivity index (χ2v) is 6.17. The Kier molecular flexibility index (Phi) is 5.35. The molecular formula is C19H16N4O6. The van der Waals surface area contributed by atoms with Gasteiger partial charge >= 0.3 is 0 Å². The van der Waals surface area contributed by atoms with Gasteiger partial charge in [-0.15, -0.1) is 10.2 Å². The van der Waals surface area contributed by atoms with Crippen molar-refractivity contribution in [3.05, 3.63) is 63.7 Å². The number of aromatic nitrogens is 1. The number of azo groups is 1. The first-order valence-electron chi connectivity index (χ1n) is 8.62. The van der Waals surface area contributed by atoms with E-state index in [2.05, 4.69) is 10.2 Å². The molecule has 3 aromatic rings. The van der Waals surface area contributed by atoms with E-state index in [1.807, 2.05) is 6.92 Å². The lowest BCUT2D eigenvalue weighted by Crippen LogP contribution is -1.98. The Morgan fingerprint density at radius 1 is 0.966 bits per heavy atom. The molecule has 0 atom stereocenters. The lowest BCUT2D eigenvalue weighted by molar-refractivity contribution is -0.384. The Morgan fingerprint density at radius 2 is 1.52 bits per heavy atom. The number of amides is 2. The van der Waals surface area contributed by atoms with Crippen molar-refractivity contribution in [2.24, 2.45) is 10.2 Å². The summed E-state index contributed by atoms with van der Waals surface area (Å²) in [6.45, 7) is 2.29. The minimum Gasteiger partial charge on any atom is -0.494 e. The quantitative estimate of drug-likeness (QED) is 0.381. The normalized spacial score (nSPS) is 11.2. The number of carbonyl (C=O) groups is 2. The Morgan fingerprint density at radius 3 is 2.10 bits per heavy atom. The predicted octanol–water partition coefficient (Wildman–Crippen LogP) is 3.80. The summed E-state index contributed by atoms with van der Waals surface area (Å²) in [5.41, 5.74) is -0.0653. The van der Waals surface area contributed by atoms with Gasteiger partial charge in [-0.25, -0.2) is 0 Å². The van der Waals surface area contributed by atoms with Crippen molar-refractivity contribution < 1.29 is 24.7 Å². The average Bonchev–Trinajstić information content (AvgIpc) is 2.96. The molecule has 10 nitrogen and oxygen atoms in total. The maximum Gasteiger partial charge on any atom is 0.295 e. The van der Waals surface area contributed by atoms with Crippen LogP contribution in [0.3, 0.4) is 0 Å². The summed E-state index contributed by atoms with van der Waals surface area (Å²) < 4.78 is 1.33. The van der Waals surface area contributed by atoms with Gasteiger partial charge in [0.15, 0.2) is 0 Å². The first kappa shape index (κ1) is 19.7. The summed E-state index contributed by atoms with van der Waals surface area (Å²) in [4.78, 5) is 34.3. The largest absolute Gasteiger partial charge is 0.494 e. The van der Waals surface area contributed by atoms with Crippen LogP contribution in [0.5, 0.6) is 11.8 Å². The molecule has 10 heteroatoms. The minimum absolute atomic E-state index is 0.0433. The Hall–Kier alpha value is -4.08. The van der Waals surface area contributed by atoms with E-state index in [4.69, 9.17) is 0 Å². The third kappa shape index (κ3) is 3.81. The molecule has 0 bridgehead atoms. The van der Waals surface area contributed by atoms with Gasteiger partial charge in [-0.3, -0.25) is 24.3 Å². The van der Waals surface area contributed by atoms with Crippen molar-refractivity contribution in [2.45, 2.75) is 19.9 Å².